The molecule has 0 radical (unpaired) electrons. The average molecular weight is 362 g/mol. The SMILES string of the molecule is COc1cc(N2CCC(Cc3ccc(Cl)cc3)(C(=O)O)CC2)ncn1. The smallest absolute Gasteiger partial charge is 0.310 e. The molecule has 1 aliphatic heterocycles. The molecule has 0 saturated carbocycles. The standard InChI is InChI=1S/C18H20ClN3O3/c1-25-16-10-15(20-12-21-16)22-8-6-18(7-9-22,17(23)24)11-13-2-4-14(19)5-3-13/h2-5,10,12H,6-9,11H2,1H3,(H,23,24). The van der Waals surface area contributed by atoms with Crippen LogP contribution in [0.15, 0.2) is 36.7 Å². The number of piperidine rings is 1. The highest BCUT2D eigenvalue weighted by Crippen LogP contribution is 2.37. The van der Waals surface area contributed by atoms with Gasteiger partial charge in [0.2, 0.25) is 5.88 Å². The summed E-state index contributed by atoms with van der Waals surface area (Å²) >= 11 is 5.92. The fourth-order valence-corrected chi connectivity index (χ4v) is 3.36. The molecule has 1 N–H and O–H groups in total. The van der Waals surface area contributed by atoms with Crippen LogP contribution in [0, 0.1) is 5.41 Å². The van der Waals surface area contributed by atoms with Crippen molar-refractivity contribution in [3.05, 3.63) is 47.2 Å². The fraction of sp³-hybridized carbons (Fsp3) is 0.389. The third-order valence-corrected chi connectivity index (χ3v) is 5.04. The Labute approximate surface area is 151 Å². The third kappa shape index (κ3) is 3.85. The van der Waals surface area contributed by atoms with Gasteiger partial charge in [0.05, 0.1) is 12.5 Å². The molecule has 2 aromatic rings. The van der Waals surface area contributed by atoms with Crippen molar-refractivity contribution in [1.82, 2.24) is 9.97 Å². The Morgan fingerprint density at radius 2 is 1.96 bits per heavy atom. The van der Waals surface area contributed by atoms with E-state index < -0.39 is 11.4 Å². The molecule has 3 rings (SSSR count). The van der Waals surface area contributed by atoms with Gasteiger partial charge in [-0.25, -0.2) is 9.97 Å². The van der Waals surface area contributed by atoms with Gasteiger partial charge in [-0.2, -0.15) is 0 Å². The van der Waals surface area contributed by atoms with Crippen LogP contribution in [0.4, 0.5) is 5.82 Å². The summed E-state index contributed by atoms with van der Waals surface area (Å²) in [4.78, 5) is 22.4. The van der Waals surface area contributed by atoms with E-state index in [0.29, 0.717) is 43.3 Å². The lowest BCUT2D eigenvalue weighted by atomic mass is 9.74. The van der Waals surface area contributed by atoms with Crippen molar-refractivity contribution in [3.8, 4) is 5.88 Å². The number of benzene rings is 1. The van der Waals surface area contributed by atoms with Crippen LogP contribution in [0.25, 0.3) is 0 Å². The van der Waals surface area contributed by atoms with Crippen molar-refractivity contribution in [1.29, 1.82) is 0 Å². The molecular formula is C18H20ClN3O3. The van der Waals surface area contributed by atoms with Crippen molar-refractivity contribution in [2.75, 3.05) is 25.1 Å². The van der Waals surface area contributed by atoms with Crippen molar-refractivity contribution < 1.29 is 14.6 Å². The van der Waals surface area contributed by atoms with Gasteiger partial charge in [-0.15, -0.1) is 0 Å². The van der Waals surface area contributed by atoms with E-state index in [9.17, 15) is 9.90 Å². The minimum Gasteiger partial charge on any atom is -0.481 e. The number of carbonyl (C=O) groups is 1. The van der Waals surface area contributed by atoms with Gasteiger partial charge < -0.3 is 14.7 Å². The minimum absolute atomic E-state index is 0.500. The quantitative estimate of drug-likeness (QED) is 0.882. The van der Waals surface area contributed by atoms with Crippen LogP contribution in [0.3, 0.4) is 0 Å². The predicted octanol–water partition coefficient (Wildman–Crippen LogP) is 3.05. The van der Waals surface area contributed by atoms with Crippen LogP contribution in [-0.4, -0.2) is 41.2 Å². The zero-order chi connectivity index (χ0) is 17.9. The van der Waals surface area contributed by atoms with E-state index in [2.05, 4.69) is 14.9 Å². The number of ether oxygens (including phenoxy) is 1. The lowest BCUT2D eigenvalue weighted by Crippen LogP contribution is -2.46. The first kappa shape index (κ1) is 17.5. The van der Waals surface area contributed by atoms with Gasteiger partial charge >= 0.3 is 5.97 Å². The summed E-state index contributed by atoms with van der Waals surface area (Å²) in [6, 6.07) is 9.17. The van der Waals surface area contributed by atoms with Crippen molar-refractivity contribution in [2.24, 2.45) is 5.41 Å². The monoisotopic (exact) mass is 361 g/mol. The van der Waals surface area contributed by atoms with Gasteiger partial charge in [-0.1, -0.05) is 23.7 Å². The number of aliphatic carboxylic acids is 1. The molecular weight excluding hydrogens is 342 g/mol. The molecule has 0 aliphatic carbocycles. The molecule has 1 saturated heterocycles. The number of rotatable bonds is 5. The Bertz CT molecular complexity index is 743. The number of anilines is 1. The van der Waals surface area contributed by atoms with E-state index >= 15 is 0 Å². The zero-order valence-electron chi connectivity index (χ0n) is 14.0. The fourth-order valence-electron chi connectivity index (χ4n) is 3.24. The molecule has 0 atom stereocenters. The first-order chi connectivity index (χ1) is 12.0. The molecule has 1 fully saturated rings. The maximum atomic E-state index is 12.0. The van der Waals surface area contributed by atoms with E-state index in [1.54, 1.807) is 25.3 Å². The summed E-state index contributed by atoms with van der Waals surface area (Å²) in [6.45, 7) is 1.25. The number of carboxylic acid groups (broad SMARTS) is 1. The summed E-state index contributed by atoms with van der Waals surface area (Å²) < 4.78 is 5.13. The highest BCUT2D eigenvalue weighted by atomic mass is 35.5. The van der Waals surface area contributed by atoms with Crippen LogP contribution in [0.2, 0.25) is 5.02 Å². The van der Waals surface area contributed by atoms with Gasteiger partial charge in [0, 0.05) is 24.2 Å². The first-order valence-electron chi connectivity index (χ1n) is 8.11. The van der Waals surface area contributed by atoms with E-state index in [1.807, 2.05) is 12.1 Å². The lowest BCUT2D eigenvalue weighted by Gasteiger charge is -2.39. The summed E-state index contributed by atoms with van der Waals surface area (Å²) in [5, 5.41) is 10.5. The first-order valence-corrected chi connectivity index (χ1v) is 8.49. The number of hydrogen-bond donors (Lipinski definition) is 1. The predicted molar refractivity (Wildman–Crippen MR) is 95.3 cm³/mol. The van der Waals surface area contributed by atoms with Gasteiger partial charge in [0.15, 0.2) is 0 Å². The van der Waals surface area contributed by atoms with Gasteiger partial charge in [-0.05, 0) is 37.0 Å². The molecule has 1 aliphatic rings. The largest absolute Gasteiger partial charge is 0.481 e. The molecule has 1 aromatic carbocycles. The number of carboxylic acids is 1. The van der Waals surface area contributed by atoms with E-state index in [0.717, 1.165) is 11.4 Å². The molecule has 25 heavy (non-hydrogen) atoms. The second kappa shape index (κ2) is 7.27. The summed E-state index contributed by atoms with van der Waals surface area (Å²) in [5.41, 5.74) is 0.227. The van der Waals surface area contributed by atoms with Gasteiger partial charge in [0.25, 0.3) is 0 Å². The van der Waals surface area contributed by atoms with Crippen molar-refractivity contribution in [3.63, 3.8) is 0 Å². The van der Waals surface area contributed by atoms with Crippen molar-refractivity contribution >= 4 is 23.4 Å². The topological polar surface area (TPSA) is 75.5 Å². The summed E-state index contributed by atoms with van der Waals surface area (Å²) in [7, 11) is 1.56. The maximum Gasteiger partial charge on any atom is 0.310 e. The Morgan fingerprint density at radius 3 is 2.56 bits per heavy atom. The van der Waals surface area contributed by atoms with Crippen LogP contribution in [-0.2, 0) is 11.2 Å². The zero-order valence-corrected chi connectivity index (χ0v) is 14.7. The number of halogens is 1. The molecule has 0 spiro atoms. The Balaban J connectivity index is 1.74. The van der Waals surface area contributed by atoms with Crippen LogP contribution in [0.5, 0.6) is 5.88 Å². The molecule has 6 nitrogen and oxygen atoms in total. The highest BCUT2D eigenvalue weighted by molar-refractivity contribution is 6.30. The molecule has 1 aromatic heterocycles. The van der Waals surface area contributed by atoms with E-state index in [1.165, 1.54) is 6.33 Å². The second-order valence-corrected chi connectivity index (χ2v) is 6.73. The van der Waals surface area contributed by atoms with Gasteiger partial charge in [0.1, 0.15) is 12.1 Å². The Kier molecular flexibility index (Phi) is 5.08. The van der Waals surface area contributed by atoms with Gasteiger partial charge in [-0.3, -0.25) is 4.79 Å². The number of methoxy groups -OCH3 is 1. The molecule has 132 valence electrons. The molecule has 0 bridgehead atoms. The molecule has 0 amide bonds. The van der Waals surface area contributed by atoms with E-state index in [-0.39, 0.29) is 0 Å². The Morgan fingerprint density at radius 1 is 1.28 bits per heavy atom. The Hall–Kier alpha value is -2.34. The number of aromatic nitrogens is 2. The van der Waals surface area contributed by atoms with Crippen LogP contribution in [0.1, 0.15) is 18.4 Å². The normalized spacial score (nSPS) is 16.5. The lowest BCUT2D eigenvalue weighted by molar-refractivity contribution is -0.150. The third-order valence-electron chi connectivity index (χ3n) is 4.79. The molecule has 2 heterocycles. The number of hydrogen-bond acceptors (Lipinski definition) is 5. The maximum absolute atomic E-state index is 12.0. The second-order valence-electron chi connectivity index (χ2n) is 6.29. The van der Waals surface area contributed by atoms with E-state index in [4.69, 9.17) is 16.3 Å². The molecule has 0 unspecified atom stereocenters. The summed E-state index contributed by atoms with van der Waals surface area (Å²) in [5.74, 6) is 0.515. The summed E-state index contributed by atoms with van der Waals surface area (Å²) in [6.07, 6.45) is 3.07. The van der Waals surface area contributed by atoms with Crippen LogP contribution >= 0.6 is 11.6 Å². The highest BCUT2D eigenvalue weighted by Gasteiger charge is 2.41. The van der Waals surface area contributed by atoms with Crippen LogP contribution < -0.4 is 9.64 Å². The number of nitrogens with zero attached hydrogens (tertiary/aromatic N) is 3. The molecule has 7 heteroatoms. The average Bonchev–Trinajstić information content (AvgIpc) is 2.64. The van der Waals surface area contributed by atoms with Crippen molar-refractivity contribution in [2.45, 2.75) is 19.3 Å². The minimum atomic E-state index is -0.762.